The molecule has 0 aromatic carbocycles. The number of aliphatic hydroxyl groups excluding tert-OH is 1. The fourth-order valence-corrected chi connectivity index (χ4v) is 7.99. The summed E-state index contributed by atoms with van der Waals surface area (Å²) in [4.78, 5) is 11.9. The second-order valence-electron chi connectivity index (χ2n) is 9.68. The summed E-state index contributed by atoms with van der Waals surface area (Å²) in [5.41, 5.74) is 0.782. The van der Waals surface area contributed by atoms with Gasteiger partial charge in [0, 0.05) is 12.0 Å². The summed E-state index contributed by atoms with van der Waals surface area (Å²) in [6, 6.07) is 0. The highest BCUT2D eigenvalue weighted by Crippen LogP contribution is 2.72. The van der Waals surface area contributed by atoms with E-state index in [0.717, 1.165) is 18.3 Å². The Hall–Kier alpha value is -0.370. The van der Waals surface area contributed by atoms with Crippen molar-refractivity contribution in [2.24, 2.45) is 39.9 Å². The summed E-state index contributed by atoms with van der Waals surface area (Å²) in [7, 11) is 0. The van der Waals surface area contributed by atoms with Crippen molar-refractivity contribution in [1.29, 1.82) is 0 Å². The van der Waals surface area contributed by atoms with Gasteiger partial charge in [0.05, 0.1) is 0 Å². The van der Waals surface area contributed by atoms with E-state index in [-0.39, 0.29) is 5.41 Å². The van der Waals surface area contributed by atoms with Crippen LogP contribution in [0.15, 0.2) is 0 Å². The smallest absolute Gasteiger partial charge is 0.126 e. The lowest BCUT2D eigenvalue weighted by molar-refractivity contribution is -0.157. The molecule has 0 saturated heterocycles. The summed E-state index contributed by atoms with van der Waals surface area (Å²) in [5.74, 6) is 2.73. The third-order valence-electron chi connectivity index (χ3n) is 8.82. The molecule has 0 radical (unpaired) electrons. The first-order valence-corrected chi connectivity index (χ1v) is 9.55. The quantitative estimate of drug-likeness (QED) is 0.776. The molecule has 4 aliphatic rings. The third-order valence-corrected chi connectivity index (χ3v) is 8.82. The molecular weight excluding hydrogens is 272 g/mol. The van der Waals surface area contributed by atoms with Crippen LogP contribution >= 0.6 is 0 Å². The monoisotopic (exact) mass is 304 g/mol. The maximum absolute atomic E-state index is 11.9. The van der Waals surface area contributed by atoms with Gasteiger partial charge in [-0.25, -0.2) is 0 Å². The molecule has 7 atom stereocenters. The lowest BCUT2D eigenvalue weighted by Gasteiger charge is -2.63. The number of aldehydes is 1. The summed E-state index contributed by atoms with van der Waals surface area (Å²) >= 11 is 0. The van der Waals surface area contributed by atoms with Crippen LogP contribution in [0.4, 0.5) is 0 Å². The van der Waals surface area contributed by atoms with Gasteiger partial charge in [-0.3, -0.25) is 0 Å². The Balaban J connectivity index is 1.70. The molecule has 22 heavy (non-hydrogen) atoms. The number of rotatable bonds is 2. The molecule has 2 nitrogen and oxygen atoms in total. The van der Waals surface area contributed by atoms with Crippen LogP contribution in [0, 0.1) is 39.9 Å². The Kier molecular flexibility index (Phi) is 3.32. The van der Waals surface area contributed by atoms with Crippen molar-refractivity contribution < 1.29 is 9.90 Å². The van der Waals surface area contributed by atoms with E-state index in [0.29, 0.717) is 29.3 Å². The number of fused-ring (bicyclic) bond motifs is 3. The zero-order chi connectivity index (χ0) is 15.6. The van der Waals surface area contributed by atoms with E-state index >= 15 is 0 Å². The molecule has 1 spiro atoms. The molecule has 2 heteroatoms. The van der Waals surface area contributed by atoms with Crippen LogP contribution in [0.25, 0.3) is 0 Å². The lowest BCUT2D eigenvalue weighted by atomic mass is 9.41. The van der Waals surface area contributed by atoms with E-state index in [2.05, 4.69) is 13.8 Å². The second-order valence-corrected chi connectivity index (χ2v) is 9.68. The number of carbonyl (C=O) groups excluding carboxylic acids is 1. The van der Waals surface area contributed by atoms with Crippen LogP contribution in [0.5, 0.6) is 0 Å². The molecule has 0 aliphatic heterocycles. The van der Waals surface area contributed by atoms with E-state index in [1.165, 1.54) is 57.7 Å². The average molecular weight is 304 g/mol. The van der Waals surface area contributed by atoms with Gasteiger partial charge in [-0.15, -0.1) is 0 Å². The molecule has 0 amide bonds. The maximum Gasteiger partial charge on any atom is 0.126 e. The van der Waals surface area contributed by atoms with Crippen molar-refractivity contribution in [2.75, 3.05) is 6.61 Å². The molecule has 0 heterocycles. The number of aliphatic hydroxyl groups is 1. The van der Waals surface area contributed by atoms with Crippen molar-refractivity contribution in [3.05, 3.63) is 0 Å². The Morgan fingerprint density at radius 2 is 1.86 bits per heavy atom. The number of hydrogen-bond donors (Lipinski definition) is 1. The molecule has 4 saturated carbocycles. The molecule has 4 aliphatic carbocycles. The standard InChI is InChI=1S/C20H32O2/c1-18(13-22)7-3-8-19(2)16(18)6-9-20-10-14(4-5-17(19)20)15(11-20)12-21/h13-17,21H,3-12H2,1-2H3/t14-,15-,16+,17+,18-,19+,20+/m0/s1. The molecule has 4 rings (SSSR count). The maximum atomic E-state index is 11.9. The van der Waals surface area contributed by atoms with Crippen LogP contribution in [-0.4, -0.2) is 18.0 Å². The van der Waals surface area contributed by atoms with Gasteiger partial charge < -0.3 is 9.90 Å². The summed E-state index contributed by atoms with van der Waals surface area (Å²) in [6.45, 7) is 5.15. The van der Waals surface area contributed by atoms with Gasteiger partial charge in [0.25, 0.3) is 0 Å². The van der Waals surface area contributed by atoms with Gasteiger partial charge in [0.15, 0.2) is 0 Å². The lowest BCUT2D eigenvalue weighted by Crippen LogP contribution is -2.56. The van der Waals surface area contributed by atoms with Crippen LogP contribution < -0.4 is 0 Å². The van der Waals surface area contributed by atoms with E-state index in [1.54, 1.807) is 0 Å². The fourth-order valence-electron chi connectivity index (χ4n) is 7.99. The third kappa shape index (κ3) is 1.79. The van der Waals surface area contributed by atoms with Crippen molar-refractivity contribution in [3.8, 4) is 0 Å². The summed E-state index contributed by atoms with van der Waals surface area (Å²) in [5, 5.41) is 9.77. The van der Waals surface area contributed by atoms with Crippen molar-refractivity contribution in [2.45, 2.75) is 71.6 Å². The normalized spacial score (nSPS) is 57.0. The molecule has 1 N–H and O–H groups in total. The Morgan fingerprint density at radius 3 is 2.59 bits per heavy atom. The van der Waals surface area contributed by atoms with Crippen LogP contribution in [0.1, 0.15) is 71.6 Å². The topological polar surface area (TPSA) is 37.3 Å². The van der Waals surface area contributed by atoms with Gasteiger partial charge in [0.2, 0.25) is 0 Å². The first-order valence-electron chi connectivity index (χ1n) is 9.55. The molecule has 0 aromatic heterocycles. The van der Waals surface area contributed by atoms with Crippen molar-refractivity contribution >= 4 is 6.29 Å². The van der Waals surface area contributed by atoms with E-state index < -0.39 is 0 Å². The minimum absolute atomic E-state index is 0.0829. The molecule has 0 unspecified atom stereocenters. The van der Waals surface area contributed by atoms with E-state index in [4.69, 9.17) is 0 Å². The summed E-state index contributed by atoms with van der Waals surface area (Å²) in [6.07, 6.45) is 12.8. The van der Waals surface area contributed by atoms with Crippen LogP contribution in [0.2, 0.25) is 0 Å². The SMILES string of the molecule is C[C@@]12CCC[C@@](C)(C=O)[C@H]1CC[C@@]13C[C@@H](CO)[C@@H](CC[C@@H]12)C3. The molecular formula is C20H32O2. The Labute approximate surface area is 135 Å². The predicted molar refractivity (Wildman–Crippen MR) is 87.3 cm³/mol. The highest BCUT2D eigenvalue weighted by Gasteiger charge is 2.64. The van der Waals surface area contributed by atoms with E-state index in [9.17, 15) is 9.90 Å². The Morgan fingerprint density at radius 1 is 1.05 bits per heavy atom. The highest BCUT2D eigenvalue weighted by atomic mass is 16.3. The second kappa shape index (κ2) is 4.82. The first-order chi connectivity index (χ1) is 10.5. The highest BCUT2D eigenvalue weighted by molar-refractivity contribution is 5.60. The fraction of sp³-hybridized carbons (Fsp3) is 0.950. The molecule has 124 valence electrons. The van der Waals surface area contributed by atoms with Crippen LogP contribution in [0.3, 0.4) is 0 Å². The van der Waals surface area contributed by atoms with Crippen LogP contribution in [-0.2, 0) is 4.79 Å². The van der Waals surface area contributed by atoms with Gasteiger partial charge in [-0.05, 0) is 85.9 Å². The minimum Gasteiger partial charge on any atom is -0.396 e. The van der Waals surface area contributed by atoms with Gasteiger partial charge in [-0.2, -0.15) is 0 Å². The number of hydrogen-bond acceptors (Lipinski definition) is 2. The largest absolute Gasteiger partial charge is 0.396 e. The van der Waals surface area contributed by atoms with Gasteiger partial charge in [0.1, 0.15) is 6.29 Å². The molecule has 0 aromatic rings. The van der Waals surface area contributed by atoms with E-state index in [1.807, 2.05) is 0 Å². The molecule has 2 bridgehead atoms. The first kappa shape index (κ1) is 15.2. The van der Waals surface area contributed by atoms with Crippen molar-refractivity contribution in [1.82, 2.24) is 0 Å². The average Bonchev–Trinajstić information content (AvgIpc) is 2.77. The Bertz CT molecular complexity index is 474. The van der Waals surface area contributed by atoms with Gasteiger partial charge in [-0.1, -0.05) is 20.3 Å². The number of carbonyl (C=O) groups is 1. The predicted octanol–water partition coefficient (Wildman–Crippen LogP) is 4.21. The zero-order valence-electron chi connectivity index (χ0n) is 14.3. The zero-order valence-corrected chi connectivity index (χ0v) is 14.3. The van der Waals surface area contributed by atoms with Crippen molar-refractivity contribution in [3.63, 3.8) is 0 Å². The minimum atomic E-state index is -0.0829. The van der Waals surface area contributed by atoms with Gasteiger partial charge >= 0.3 is 0 Å². The summed E-state index contributed by atoms with van der Waals surface area (Å²) < 4.78 is 0. The molecule has 4 fully saturated rings.